The molecule has 2 amide bonds. The normalized spacial score (nSPS) is 10.6. The molecule has 0 atom stereocenters. The van der Waals surface area contributed by atoms with Gasteiger partial charge in [0, 0.05) is 11.3 Å². The van der Waals surface area contributed by atoms with Crippen LogP contribution in [0.25, 0.3) is 10.2 Å². The summed E-state index contributed by atoms with van der Waals surface area (Å²) in [5.41, 5.74) is 2.56. The van der Waals surface area contributed by atoms with Crippen LogP contribution in [0, 0.1) is 0 Å². The summed E-state index contributed by atoms with van der Waals surface area (Å²) in [6.45, 7) is 0. The highest BCUT2D eigenvalue weighted by Crippen LogP contribution is 2.28. The number of nitrogens with zero attached hydrogens (tertiary/aromatic N) is 2. The maximum absolute atomic E-state index is 12.5. The lowest BCUT2D eigenvalue weighted by Gasteiger charge is -2.10. The Balaban J connectivity index is 1.34. The number of methoxy groups -OCH3 is 1. The summed E-state index contributed by atoms with van der Waals surface area (Å²) in [6, 6.07) is 15.8. The highest BCUT2D eigenvalue weighted by atomic mass is 32.2. The zero-order chi connectivity index (χ0) is 21.6. The van der Waals surface area contributed by atoms with Gasteiger partial charge in [0.05, 0.1) is 28.8 Å². The van der Waals surface area contributed by atoms with E-state index in [-0.39, 0.29) is 17.6 Å². The lowest BCUT2D eigenvalue weighted by atomic mass is 10.2. The average Bonchev–Trinajstić information content (AvgIpc) is 3.28. The van der Waals surface area contributed by atoms with Crippen LogP contribution in [0.4, 0.5) is 11.4 Å². The summed E-state index contributed by atoms with van der Waals surface area (Å²) in [5.74, 6) is 0.391. The molecule has 0 aliphatic carbocycles. The number of aromatic nitrogens is 2. The largest absolute Gasteiger partial charge is 0.495 e. The minimum absolute atomic E-state index is 0.153. The van der Waals surface area contributed by atoms with Crippen LogP contribution in [0.15, 0.2) is 71.3 Å². The Bertz CT molecular complexity index is 1220. The Morgan fingerprint density at radius 3 is 2.65 bits per heavy atom. The van der Waals surface area contributed by atoms with Crippen LogP contribution < -0.4 is 15.4 Å². The fraction of sp³-hybridized carbons (Fsp3) is 0.0909. The molecule has 31 heavy (non-hydrogen) atoms. The zero-order valence-corrected chi connectivity index (χ0v) is 18.1. The van der Waals surface area contributed by atoms with Crippen LogP contribution in [-0.2, 0) is 4.79 Å². The Morgan fingerprint density at radius 1 is 1.03 bits per heavy atom. The first-order valence-corrected chi connectivity index (χ1v) is 11.2. The van der Waals surface area contributed by atoms with Crippen molar-refractivity contribution in [1.29, 1.82) is 0 Å². The standard InChI is InChI=1S/C22H18N4O3S2/c1-29-18-5-3-2-4-16(18)26-21(28)14-6-8-15(9-7-14)25-19(27)12-31-22-20-17(10-11-30-20)23-13-24-22/h2-11,13H,12H2,1H3,(H,25,27)(H,26,28). The van der Waals surface area contributed by atoms with Gasteiger partial charge in [0.15, 0.2) is 0 Å². The van der Waals surface area contributed by atoms with Crippen LogP contribution in [0.2, 0.25) is 0 Å². The number of para-hydroxylation sites is 2. The number of rotatable bonds is 7. The molecule has 0 bridgehead atoms. The van der Waals surface area contributed by atoms with Gasteiger partial charge in [-0.15, -0.1) is 11.3 Å². The van der Waals surface area contributed by atoms with Crippen LogP contribution in [0.5, 0.6) is 5.75 Å². The molecule has 2 aromatic heterocycles. The fourth-order valence-electron chi connectivity index (χ4n) is 2.85. The summed E-state index contributed by atoms with van der Waals surface area (Å²) in [6.07, 6.45) is 1.50. The third-order valence-electron chi connectivity index (χ3n) is 4.34. The zero-order valence-electron chi connectivity index (χ0n) is 16.5. The Morgan fingerprint density at radius 2 is 1.84 bits per heavy atom. The van der Waals surface area contributed by atoms with Gasteiger partial charge in [-0.05, 0) is 47.8 Å². The number of ether oxygens (including phenoxy) is 1. The molecule has 156 valence electrons. The smallest absolute Gasteiger partial charge is 0.255 e. The molecule has 4 aromatic rings. The molecular weight excluding hydrogens is 432 g/mol. The molecule has 2 aromatic carbocycles. The number of hydrogen-bond acceptors (Lipinski definition) is 7. The number of amides is 2. The van der Waals surface area contributed by atoms with Gasteiger partial charge >= 0.3 is 0 Å². The lowest BCUT2D eigenvalue weighted by molar-refractivity contribution is -0.113. The van der Waals surface area contributed by atoms with Gasteiger partial charge in [0.25, 0.3) is 5.91 Å². The first-order valence-electron chi connectivity index (χ1n) is 9.29. The molecule has 0 saturated heterocycles. The first kappa shape index (κ1) is 20.8. The topological polar surface area (TPSA) is 93.2 Å². The number of nitrogens with one attached hydrogen (secondary N) is 2. The van der Waals surface area contributed by atoms with E-state index >= 15 is 0 Å². The van der Waals surface area contributed by atoms with E-state index in [4.69, 9.17) is 4.74 Å². The number of anilines is 2. The molecule has 9 heteroatoms. The van der Waals surface area contributed by atoms with E-state index in [0.29, 0.717) is 22.7 Å². The molecule has 2 heterocycles. The van der Waals surface area contributed by atoms with E-state index in [0.717, 1.165) is 15.2 Å². The van der Waals surface area contributed by atoms with E-state index in [1.807, 2.05) is 23.6 Å². The Labute approximate surface area is 186 Å². The number of carbonyl (C=O) groups is 2. The molecule has 0 spiro atoms. The number of thiophene rings is 1. The summed E-state index contributed by atoms with van der Waals surface area (Å²) in [7, 11) is 1.55. The maximum Gasteiger partial charge on any atom is 0.255 e. The SMILES string of the molecule is COc1ccccc1NC(=O)c1ccc(NC(=O)CSc2ncnc3ccsc23)cc1. The number of thioether (sulfide) groups is 1. The average molecular weight is 451 g/mol. The molecule has 4 rings (SSSR count). The van der Waals surface area contributed by atoms with Gasteiger partial charge in [0.1, 0.15) is 17.1 Å². The first-order chi connectivity index (χ1) is 15.1. The second kappa shape index (κ2) is 9.59. The van der Waals surface area contributed by atoms with Crippen molar-refractivity contribution in [3.05, 3.63) is 71.9 Å². The summed E-state index contributed by atoms with van der Waals surface area (Å²) >= 11 is 2.92. The second-order valence-electron chi connectivity index (χ2n) is 6.38. The van der Waals surface area contributed by atoms with E-state index < -0.39 is 0 Å². The minimum Gasteiger partial charge on any atom is -0.495 e. The van der Waals surface area contributed by atoms with Crippen LogP contribution in [0.1, 0.15) is 10.4 Å². The summed E-state index contributed by atoms with van der Waals surface area (Å²) < 4.78 is 6.22. The van der Waals surface area contributed by atoms with Gasteiger partial charge in [-0.3, -0.25) is 9.59 Å². The van der Waals surface area contributed by atoms with E-state index in [1.165, 1.54) is 18.1 Å². The van der Waals surface area contributed by atoms with E-state index in [9.17, 15) is 9.59 Å². The molecule has 0 saturated carbocycles. The maximum atomic E-state index is 12.5. The molecule has 0 aliphatic rings. The number of hydrogen-bond donors (Lipinski definition) is 2. The summed E-state index contributed by atoms with van der Waals surface area (Å²) in [4.78, 5) is 33.3. The van der Waals surface area contributed by atoms with Crippen LogP contribution >= 0.6 is 23.1 Å². The quantitative estimate of drug-likeness (QED) is 0.314. The Kier molecular flexibility index (Phi) is 6.44. The van der Waals surface area contributed by atoms with E-state index in [1.54, 1.807) is 54.8 Å². The number of carbonyl (C=O) groups excluding carboxylic acids is 2. The van der Waals surface area contributed by atoms with Crippen LogP contribution in [0.3, 0.4) is 0 Å². The molecule has 2 N–H and O–H groups in total. The molecular formula is C22H18N4O3S2. The minimum atomic E-state index is -0.262. The summed E-state index contributed by atoms with van der Waals surface area (Å²) in [5, 5.41) is 8.40. The third-order valence-corrected chi connectivity index (χ3v) is 6.37. The van der Waals surface area contributed by atoms with Gasteiger partial charge in [-0.25, -0.2) is 9.97 Å². The van der Waals surface area contributed by atoms with Gasteiger partial charge in [-0.2, -0.15) is 0 Å². The lowest BCUT2D eigenvalue weighted by Crippen LogP contribution is -2.15. The van der Waals surface area contributed by atoms with Crippen molar-refractivity contribution in [3.63, 3.8) is 0 Å². The van der Waals surface area contributed by atoms with Crippen molar-refractivity contribution in [1.82, 2.24) is 9.97 Å². The molecule has 7 nitrogen and oxygen atoms in total. The molecule has 0 aliphatic heterocycles. The third kappa shape index (κ3) is 5.01. The fourth-order valence-corrected chi connectivity index (χ4v) is 4.59. The molecule has 0 fully saturated rings. The van der Waals surface area contributed by atoms with E-state index in [2.05, 4.69) is 20.6 Å². The van der Waals surface area contributed by atoms with Crippen molar-refractivity contribution in [2.24, 2.45) is 0 Å². The van der Waals surface area contributed by atoms with Crippen LogP contribution in [-0.4, -0.2) is 34.6 Å². The Hall–Kier alpha value is -3.43. The van der Waals surface area contributed by atoms with Gasteiger partial charge < -0.3 is 15.4 Å². The molecule has 0 unspecified atom stereocenters. The van der Waals surface area contributed by atoms with Gasteiger partial charge in [-0.1, -0.05) is 23.9 Å². The predicted octanol–water partition coefficient (Wildman–Crippen LogP) is 4.68. The number of fused-ring (bicyclic) bond motifs is 1. The van der Waals surface area contributed by atoms with Crippen molar-refractivity contribution in [2.75, 3.05) is 23.5 Å². The second-order valence-corrected chi connectivity index (χ2v) is 8.26. The highest BCUT2D eigenvalue weighted by molar-refractivity contribution is 8.00. The predicted molar refractivity (Wildman–Crippen MR) is 124 cm³/mol. The highest BCUT2D eigenvalue weighted by Gasteiger charge is 2.11. The van der Waals surface area contributed by atoms with Crippen molar-refractivity contribution in [2.45, 2.75) is 5.03 Å². The number of benzene rings is 2. The molecule has 0 radical (unpaired) electrons. The van der Waals surface area contributed by atoms with Gasteiger partial charge in [0.2, 0.25) is 5.91 Å². The van der Waals surface area contributed by atoms with Crippen molar-refractivity contribution >= 4 is 56.5 Å². The monoisotopic (exact) mass is 450 g/mol. The van der Waals surface area contributed by atoms with Crippen molar-refractivity contribution in [3.8, 4) is 5.75 Å². The van der Waals surface area contributed by atoms with Crippen molar-refractivity contribution < 1.29 is 14.3 Å².